The first-order chi connectivity index (χ1) is 16.0. The van der Waals surface area contributed by atoms with Gasteiger partial charge in [0, 0.05) is 28.2 Å². The van der Waals surface area contributed by atoms with Crippen LogP contribution in [0.25, 0.3) is 0 Å². The van der Waals surface area contributed by atoms with E-state index >= 15 is 0 Å². The molecule has 7 rings (SSSR count). The molecule has 6 fully saturated rings. The zero-order valence-corrected chi connectivity index (χ0v) is 19.9. The van der Waals surface area contributed by atoms with Crippen LogP contribution in [0.5, 0.6) is 0 Å². The molecule has 34 heavy (non-hydrogen) atoms. The molecular weight excluding hydrogens is 440 g/mol. The van der Waals surface area contributed by atoms with Crippen molar-refractivity contribution < 1.29 is 37.7 Å². The van der Waals surface area contributed by atoms with Gasteiger partial charge in [0.2, 0.25) is 0 Å². The Balaban J connectivity index is 1.40. The van der Waals surface area contributed by atoms with E-state index in [1.165, 1.54) is 0 Å². The van der Waals surface area contributed by atoms with Crippen LogP contribution in [0.3, 0.4) is 0 Å². The average molecular weight is 471 g/mol. The lowest BCUT2D eigenvalue weighted by molar-refractivity contribution is -0.229. The number of fused-ring (bicyclic) bond motifs is 1. The topological polar surface area (TPSA) is 105 Å². The highest BCUT2D eigenvalue weighted by Gasteiger charge is 2.88. The minimum Gasteiger partial charge on any atom is -0.472 e. The quantitative estimate of drug-likeness (QED) is 0.455. The highest BCUT2D eigenvalue weighted by Crippen LogP contribution is 2.80. The van der Waals surface area contributed by atoms with Gasteiger partial charge in [-0.1, -0.05) is 13.8 Å². The summed E-state index contributed by atoms with van der Waals surface area (Å²) in [5.41, 5.74) is -2.51. The van der Waals surface area contributed by atoms with Gasteiger partial charge in [0.1, 0.15) is 24.1 Å². The van der Waals surface area contributed by atoms with Crippen molar-refractivity contribution in [2.45, 2.75) is 82.9 Å². The van der Waals surface area contributed by atoms with Gasteiger partial charge >= 0.3 is 11.9 Å². The lowest BCUT2D eigenvalue weighted by atomic mass is 9.37. The largest absolute Gasteiger partial charge is 0.472 e. The van der Waals surface area contributed by atoms with Crippen LogP contribution in [0.15, 0.2) is 23.0 Å². The number of Topliss-reactive ketones (excluding diaryl/α,β-unsaturated/α-hetero) is 1. The van der Waals surface area contributed by atoms with E-state index in [0.29, 0.717) is 6.42 Å². The van der Waals surface area contributed by atoms with E-state index in [1.807, 2.05) is 19.9 Å². The molecule has 0 amide bonds. The summed E-state index contributed by atoms with van der Waals surface area (Å²) < 4.78 is 29.8. The van der Waals surface area contributed by atoms with Crippen molar-refractivity contribution in [2.75, 3.05) is 6.61 Å². The Morgan fingerprint density at radius 3 is 2.53 bits per heavy atom. The number of ether oxygens (including phenoxy) is 4. The maximum Gasteiger partial charge on any atom is 0.339 e. The van der Waals surface area contributed by atoms with Crippen molar-refractivity contribution >= 4 is 17.7 Å². The van der Waals surface area contributed by atoms with Gasteiger partial charge in [0.05, 0.1) is 36.6 Å². The molecule has 8 heteroatoms. The molecule has 1 aromatic heterocycles. The predicted octanol–water partition coefficient (Wildman–Crippen LogP) is 3.14. The third-order valence-electron chi connectivity index (χ3n) is 10.5. The van der Waals surface area contributed by atoms with E-state index in [2.05, 4.69) is 13.8 Å². The molecule has 2 saturated carbocycles. The van der Waals surface area contributed by atoms with Gasteiger partial charge < -0.3 is 23.4 Å². The van der Waals surface area contributed by atoms with E-state index in [1.54, 1.807) is 12.5 Å². The Morgan fingerprint density at radius 1 is 1.00 bits per heavy atom. The van der Waals surface area contributed by atoms with Gasteiger partial charge in [-0.2, -0.15) is 0 Å². The summed E-state index contributed by atoms with van der Waals surface area (Å²) in [6, 6.07) is 1.83. The van der Waals surface area contributed by atoms with Crippen LogP contribution in [0, 0.1) is 28.1 Å². The van der Waals surface area contributed by atoms with Crippen LogP contribution in [0.2, 0.25) is 0 Å². The number of carbonyl (C=O) groups excluding carboxylic acids is 3. The lowest BCUT2D eigenvalue weighted by Gasteiger charge is -2.65. The SMILES string of the molecule is CC1(C)OC2CC(=O)OCC23C1C(=O)CC1(C)C3CCC2(C)C(c3ccoc3)OC(=O)C3OC321. The summed E-state index contributed by atoms with van der Waals surface area (Å²) in [5, 5.41) is 0. The van der Waals surface area contributed by atoms with E-state index in [-0.39, 0.29) is 48.7 Å². The van der Waals surface area contributed by atoms with Crippen LogP contribution in [-0.4, -0.2) is 47.7 Å². The second-order valence-electron chi connectivity index (χ2n) is 12.3. The fraction of sp³-hybridized carbons (Fsp3) is 0.731. The first-order valence-electron chi connectivity index (χ1n) is 12.3. The van der Waals surface area contributed by atoms with Crippen molar-refractivity contribution in [2.24, 2.45) is 28.1 Å². The second-order valence-corrected chi connectivity index (χ2v) is 12.3. The lowest BCUT2D eigenvalue weighted by Crippen LogP contribution is -2.71. The van der Waals surface area contributed by atoms with Crippen LogP contribution in [-0.2, 0) is 33.3 Å². The van der Waals surface area contributed by atoms with E-state index in [4.69, 9.17) is 23.4 Å². The highest BCUT2D eigenvalue weighted by molar-refractivity contribution is 5.88. The van der Waals surface area contributed by atoms with Crippen molar-refractivity contribution in [1.29, 1.82) is 0 Å². The molecule has 0 aromatic carbocycles. The predicted molar refractivity (Wildman–Crippen MR) is 114 cm³/mol. The number of esters is 2. The summed E-state index contributed by atoms with van der Waals surface area (Å²) in [4.78, 5) is 39.4. The molecular formula is C26H30O8. The van der Waals surface area contributed by atoms with Crippen LogP contribution < -0.4 is 0 Å². The molecule has 0 radical (unpaired) electrons. The normalized spacial score (nSPS) is 52.4. The van der Waals surface area contributed by atoms with Crippen LogP contribution >= 0.6 is 0 Å². The van der Waals surface area contributed by atoms with E-state index in [9.17, 15) is 14.4 Å². The van der Waals surface area contributed by atoms with E-state index in [0.717, 1.165) is 18.4 Å². The zero-order chi connectivity index (χ0) is 23.9. The Hall–Kier alpha value is -2.19. The number of cyclic esters (lactones) is 2. The van der Waals surface area contributed by atoms with Crippen LogP contribution in [0.4, 0.5) is 0 Å². The van der Waals surface area contributed by atoms with Gasteiger partial charge in [-0.3, -0.25) is 9.59 Å². The molecule has 9 atom stereocenters. The number of ketones is 1. The minimum absolute atomic E-state index is 0.00319. The third kappa shape index (κ3) is 2.05. The summed E-state index contributed by atoms with van der Waals surface area (Å²) >= 11 is 0. The molecule has 5 heterocycles. The monoisotopic (exact) mass is 470 g/mol. The van der Waals surface area contributed by atoms with Gasteiger partial charge in [0.15, 0.2) is 6.10 Å². The molecule has 2 spiro atoms. The molecule has 1 aromatic rings. The number of hydrogen-bond donors (Lipinski definition) is 0. The van der Waals surface area contributed by atoms with Crippen LogP contribution in [0.1, 0.15) is 65.0 Å². The van der Waals surface area contributed by atoms with Gasteiger partial charge in [-0.15, -0.1) is 0 Å². The number of epoxide rings is 1. The second kappa shape index (κ2) is 5.95. The Morgan fingerprint density at radius 2 is 1.79 bits per heavy atom. The summed E-state index contributed by atoms with van der Waals surface area (Å²) in [7, 11) is 0. The molecule has 0 N–H and O–H groups in total. The molecule has 182 valence electrons. The Bertz CT molecular complexity index is 1120. The molecule has 4 saturated heterocycles. The van der Waals surface area contributed by atoms with Gasteiger partial charge in [0.25, 0.3) is 0 Å². The maximum absolute atomic E-state index is 14.0. The van der Waals surface area contributed by atoms with Crippen molar-refractivity contribution in [3.05, 3.63) is 24.2 Å². The molecule has 0 bridgehead atoms. The fourth-order valence-electron chi connectivity index (χ4n) is 9.58. The zero-order valence-electron chi connectivity index (χ0n) is 19.9. The number of furan rings is 1. The van der Waals surface area contributed by atoms with E-state index < -0.39 is 39.7 Å². The first-order valence-corrected chi connectivity index (χ1v) is 12.3. The first kappa shape index (κ1) is 21.1. The number of rotatable bonds is 1. The Kier molecular flexibility index (Phi) is 3.70. The minimum atomic E-state index is -0.839. The average Bonchev–Trinajstić information content (AvgIpc) is 3.23. The summed E-state index contributed by atoms with van der Waals surface area (Å²) in [5.74, 6) is -0.929. The fourth-order valence-corrected chi connectivity index (χ4v) is 9.58. The highest BCUT2D eigenvalue weighted by atomic mass is 16.7. The van der Waals surface area contributed by atoms with Gasteiger partial charge in [-0.25, -0.2) is 4.79 Å². The molecule has 9 unspecified atom stereocenters. The number of hydrogen-bond acceptors (Lipinski definition) is 8. The Labute approximate surface area is 197 Å². The third-order valence-corrected chi connectivity index (χ3v) is 10.5. The maximum atomic E-state index is 14.0. The smallest absolute Gasteiger partial charge is 0.339 e. The van der Waals surface area contributed by atoms with Crippen molar-refractivity contribution in [3.63, 3.8) is 0 Å². The number of carbonyl (C=O) groups is 3. The van der Waals surface area contributed by atoms with Crippen molar-refractivity contribution in [1.82, 2.24) is 0 Å². The molecule has 8 nitrogen and oxygen atoms in total. The molecule has 6 aliphatic rings. The van der Waals surface area contributed by atoms with Crippen molar-refractivity contribution in [3.8, 4) is 0 Å². The summed E-state index contributed by atoms with van der Waals surface area (Å²) in [6.07, 6.45) is 3.59. The molecule has 4 aliphatic heterocycles. The summed E-state index contributed by atoms with van der Waals surface area (Å²) in [6.45, 7) is 8.32. The van der Waals surface area contributed by atoms with Gasteiger partial charge in [-0.05, 0) is 38.7 Å². The molecule has 2 aliphatic carbocycles. The standard InChI is InChI=1S/C26H30O8/c1-22(2)18-14(27)10-24(4)15(25(18)12-31-17(28)9-16(25)33-22)5-7-23(3)19(13-6-8-30-11-13)32-21(29)20-26(23,24)34-20/h6,8,11,15-16,18-20H,5,7,9-10,12H2,1-4H3.